The number of nitrogens with zero attached hydrogens (tertiary/aromatic N) is 2. The lowest BCUT2D eigenvalue weighted by molar-refractivity contribution is 0.621. The Morgan fingerprint density at radius 2 is 1.05 bits per heavy atom. The molecule has 0 saturated heterocycles. The third kappa shape index (κ3) is 4.81. The van der Waals surface area contributed by atoms with Crippen LogP contribution in [0.15, 0.2) is 174 Å². The second-order valence-electron chi connectivity index (χ2n) is 10.9. The number of fused-ring (bicyclic) bond motifs is 2. The van der Waals surface area contributed by atoms with Crippen molar-refractivity contribution in [2.24, 2.45) is 0 Å². The fourth-order valence-electron chi connectivity index (χ4n) is 5.89. The van der Waals surface area contributed by atoms with Crippen LogP contribution in [-0.4, -0.2) is 4.98 Å². The number of benzene rings is 7. The number of anilines is 3. The molecule has 0 atom stereocenters. The van der Waals surface area contributed by atoms with Crippen LogP contribution in [0, 0.1) is 0 Å². The maximum Gasteiger partial charge on any atom is 0.227 e. The SMILES string of the molecule is c1ccc(-c2cccc(N(c3ccc(-c4cccc5nc(-c6ccccc6)oc45)cc3)c3ccc4ccccc4c3)c2)cc1. The number of hydrogen-bond acceptors (Lipinski definition) is 3. The zero-order valence-corrected chi connectivity index (χ0v) is 24.0. The molecule has 0 aliphatic heterocycles. The topological polar surface area (TPSA) is 29.3 Å². The summed E-state index contributed by atoms with van der Waals surface area (Å²) in [6, 6.07) is 59.3. The molecule has 0 N–H and O–H groups in total. The lowest BCUT2D eigenvalue weighted by Crippen LogP contribution is -2.10. The van der Waals surface area contributed by atoms with Crippen molar-refractivity contribution in [2.45, 2.75) is 0 Å². The van der Waals surface area contributed by atoms with Gasteiger partial charge in [-0.05, 0) is 82.1 Å². The molecule has 8 rings (SSSR count). The first-order valence-corrected chi connectivity index (χ1v) is 14.8. The fraction of sp³-hybridized carbons (Fsp3) is 0. The monoisotopic (exact) mass is 564 g/mol. The minimum absolute atomic E-state index is 0.630. The first-order valence-electron chi connectivity index (χ1n) is 14.8. The quantitative estimate of drug-likeness (QED) is 0.201. The summed E-state index contributed by atoms with van der Waals surface area (Å²) < 4.78 is 6.33. The van der Waals surface area contributed by atoms with E-state index in [0.29, 0.717) is 5.89 Å². The normalized spacial score (nSPS) is 11.2. The number of para-hydroxylation sites is 1. The lowest BCUT2D eigenvalue weighted by Gasteiger charge is -2.26. The van der Waals surface area contributed by atoms with Crippen LogP contribution in [0.3, 0.4) is 0 Å². The van der Waals surface area contributed by atoms with E-state index in [-0.39, 0.29) is 0 Å². The van der Waals surface area contributed by atoms with E-state index < -0.39 is 0 Å². The average molecular weight is 565 g/mol. The van der Waals surface area contributed by atoms with Crippen LogP contribution in [0.4, 0.5) is 17.1 Å². The molecule has 0 fully saturated rings. The van der Waals surface area contributed by atoms with Crippen molar-refractivity contribution in [3.8, 4) is 33.7 Å². The molecule has 3 nitrogen and oxygen atoms in total. The molecule has 208 valence electrons. The van der Waals surface area contributed by atoms with Crippen molar-refractivity contribution >= 4 is 38.9 Å². The highest BCUT2D eigenvalue weighted by Crippen LogP contribution is 2.39. The van der Waals surface area contributed by atoms with Crippen molar-refractivity contribution in [1.82, 2.24) is 4.98 Å². The van der Waals surface area contributed by atoms with E-state index in [2.05, 4.69) is 132 Å². The highest BCUT2D eigenvalue weighted by molar-refractivity contribution is 5.93. The number of hydrogen-bond donors (Lipinski definition) is 0. The lowest BCUT2D eigenvalue weighted by atomic mass is 10.0. The maximum absolute atomic E-state index is 6.33. The Bertz CT molecular complexity index is 2220. The van der Waals surface area contributed by atoms with Crippen molar-refractivity contribution < 1.29 is 4.42 Å². The summed E-state index contributed by atoms with van der Waals surface area (Å²) >= 11 is 0. The van der Waals surface area contributed by atoms with Gasteiger partial charge in [0.05, 0.1) is 0 Å². The van der Waals surface area contributed by atoms with Gasteiger partial charge in [-0.15, -0.1) is 0 Å². The van der Waals surface area contributed by atoms with Crippen LogP contribution in [0.2, 0.25) is 0 Å². The molecule has 0 saturated carbocycles. The molecule has 1 heterocycles. The Hall–Kier alpha value is -5.93. The van der Waals surface area contributed by atoms with E-state index in [1.807, 2.05) is 42.5 Å². The first kappa shape index (κ1) is 25.8. The number of oxazole rings is 1. The molecule has 0 aliphatic carbocycles. The molecule has 3 heteroatoms. The highest BCUT2D eigenvalue weighted by atomic mass is 16.3. The summed E-state index contributed by atoms with van der Waals surface area (Å²) in [4.78, 5) is 7.10. The molecule has 0 unspecified atom stereocenters. The molecule has 0 radical (unpaired) electrons. The summed E-state index contributed by atoms with van der Waals surface area (Å²) in [5.41, 5.74) is 10.3. The van der Waals surface area contributed by atoms with Gasteiger partial charge < -0.3 is 9.32 Å². The number of rotatable bonds is 6. The van der Waals surface area contributed by atoms with Gasteiger partial charge in [0, 0.05) is 28.2 Å². The van der Waals surface area contributed by atoms with Crippen LogP contribution in [0.25, 0.3) is 55.6 Å². The average Bonchev–Trinajstić information content (AvgIpc) is 3.55. The summed E-state index contributed by atoms with van der Waals surface area (Å²) in [5, 5.41) is 2.43. The molecule has 44 heavy (non-hydrogen) atoms. The standard InChI is InChI=1S/C41H28N2O/c1-3-11-29(12-4-1)34-17-9-18-36(27-34)43(37-26-21-30-13-7-8-16-33(30)28-37)35-24-22-31(23-25-35)38-19-10-20-39-40(38)44-41(42-39)32-14-5-2-6-15-32/h1-28H. The largest absolute Gasteiger partial charge is 0.435 e. The van der Waals surface area contributed by atoms with Gasteiger partial charge in [0.25, 0.3) is 0 Å². The first-order chi connectivity index (χ1) is 21.8. The van der Waals surface area contributed by atoms with Crippen molar-refractivity contribution in [3.63, 3.8) is 0 Å². The van der Waals surface area contributed by atoms with Crippen molar-refractivity contribution in [1.29, 1.82) is 0 Å². The third-order valence-electron chi connectivity index (χ3n) is 8.07. The predicted molar refractivity (Wildman–Crippen MR) is 183 cm³/mol. The predicted octanol–water partition coefficient (Wildman–Crippen LogP) is 11.5. The molecule has 0 spiro atoms. The Labute approximate surface area is 256 Å². The van der Waals surface area contributed by atoms with Crippen LogP contribution >= 0.6 is 0 Å². The van der Waals surface area contributed by atoms with Gasteiger partial charge >= 0.3 is 0 Å². The summed E-state index contributed by atoms with van der Waals surface area (Å²) in [6.07, 6.45) is 0. The fourth-order valence-corrected chi connectivity index (χ4v) is 5.89. The van der Waals surface area contributed by atoms with Gasteiger partial charge in [0.1, 0.15) is 5.52 Å². The molecule has 0 amide bonds. The van der Waals surface area contributed by atoms with Crippen LogP contribution in [-0.2, 0) is 0 Å². The smallest absolute Gasteiger partial charge is 0.227 e. The van der Waals surface area contributed by atoms with Crippen LogP contribution < -0.4 is 4.90 Å². The van der Waals surface area contributed by atoms with Gasteiger partial charge in [-0.25, -0.2) is 4.98 Å². The Morgan fingerprint density at radius 1 is 0.409 bits per heavy atom. The highest BCUT2D eigenvalue weighted by Gasteiger charge is 2.16. The van der Waals surface area contributed by atoms with E-state index in [1.54, 1.807) is 0 Å². The van der Waals surface area contributed by atoms with E-state index in [0.717, 1.165) is 44.9 Å². The molecule has 8 aromatic rings. The molecular weight excluding hydrogens is 536 g/mol. The molecule has 0 aliphatic rings. The second-order valence-corrected chi connectivity index (χ2v) is 10.9. The van der Waals surface area contributed by atoms with E-state index >= 15 is 0 Å². The van der Waals surface area contributed by atoms with Crippen LogP contribution in [0.1, 0.15) is 0 Å². The third-order valence-corrected chi connectivity index (χ3v) is 8.07. The van der Waals surface area contributed by atoms with Crippen molar-refractivity contribution in [2.75, 3.05) is 4.90 Å². The van der Waals surface area contributed by atoms with E-state index in [9.17, 15) is 0 Å². The van der Waals surface area contributed by atoms with Gasteiger partial charge in [-0.3, -0.25) is 0 Å². The van der Waals surface area contributed by atoms with Gasteiger partial charge in [0.2, 0.25) is 5.89 Å². The zero-order chi connectivity index (χ0) is 29.3. The summed E-state index contributed by atoms with van der Waals surface area (Å²) in [7, 11) is 0. The Morgan fingerprint density at radius 3 is 1.84 bits per heavy atom. The number of aromatic nitrogens is 1. The maximum atomic E-state index is 6.33. The minimum atomic E-state index is 0.630. The van der Waals surface area contributed by atoms with Gasteiger partial charge in [-0.1, -0.05) is 115 Å². The Balaban J connectivity index is 1.22. The van der Waals surface area contributed by atoms with E-state index in [4.69, 9.17) is 9.40 Å². The van der Waals surface area contributed by atoms with Gasteiger partial charge in [0.15, 0.2) is 5.58 Å². The summed E-state index contributed by atoms with van der Waals surface area (Å²) in [5.74, 6) is 0.630. The van der Waals surface area contributed by atoms with Gasteiger partial charge in [-0.2, -0.15) is 0 Å². The van der Waals surface area contributed by atoms with Crippen molar-refractivity contribution in [3.05, 3.63) is 170 Å². The molecular formula is C41H28N2O. The molecule has 0 bridgehead atoms. The molecule has 7 aromatic carbocycles. The second kappa shape index (κ2) is 11.0. The zero-order valence-electron chi connectivity index (χ0n) is 24.0. The van der Waals surface area contributed by atoms with E-state index in [1.165, 1.54) is 21.9 Å². The Kier molecular flexibility index (Phi) is 6.47. The minimum Gasteiger partial charge on any atom is -0.435 e. The summed E-state index contributed by atoms with van der Waals surface area (Å²) in [6.45, 7) is 0. The molecule has 1 aromatic heterocycles. The van der Waals surface area contributed by atoms with Crippen LogP contribution in [0.5, 0.6) is 0 Å².